The van der Waals surface area contributed by atoms with Gasteiger partial charge in [0, 0.05) is 45.8 Å². The summed E-state index contributed by atoms with van der Waals surface area (Å²) in [6.07, 6.45) is 0.276. The minimum absolute atomic E-state index is 0.129. The van der Waals surface area contributed by atoms with Crippen molar-refractivity contribution < 1.29 is 17.9 Å². The molecule has 0 aliphatic carbocycles. The number of ether oxygens (including phenoxy) is 1. The number of para-hydroxylation sites is 1. The fourth-order valence-corrected chi connectivity index (χ4v) is 5.65. The van der Waals surface area contributed by atoms with E-state index in [1.54, 1.807) is 0 Å². The Balaban J connectivity index is 1.81. The first-order chi connectivity index (χ1) is 16.5. The molecule has 1 amide bonds. The smallest absolute Gasteiger partial charge is 0.282 e. The average molecular weight is 503 g/mol. The average Bonchev–Trinajstić information content (AvgIpc) is 2.80. The molecule has 3 rings (SSSR count). The highest BCUT2D eigenvalue weighted by Crippen LogP contribution is 2.31. The molecule has 0 spiro atoms. The topological polar surface area (TPSA) is 82.2 Å². The van der Waals surface area contributed by atoms with Gasteiger partial charge < -0.3 is 10.1 Å². The molecule has 1 aliphatic heterocycles. The Kier molecular flexibility index (Phi) is 8.93. The summed E-state index contributed by atoms with van der Waals surface area (Å²) in [4.78, 5) is 15.6. The molecule has 1 atom stereocenters. The van der Waals surface area contributed by atoms with Gasteiger partial charge in [0.1, 0.15) is 17.5 Å². The second-order valence-corrected chi connectivity index (χ2v) is 11.7. The van der Waals surface area contributed by atoms with E-state index < -0.39 is 16.3 Å². The number of nitrogens with zero attached hydrogens (tertiary/aromatic N) is 3. The zero-order valence-electron chi connectivity index (χ0n) is 21.6. The zero-order valence-corrected chi connectivity index (χ0v) is 22.4. The molecule has 8 nitrogen and oxygen atoms in total. The van der Waals surface area contributed by atoms with Crippen LogP contribution in [0.3, 0.4) is 0 Å². The predicted molar refractivity (Wildman–Crippen MR) is 139 cm³/mol. The van der Waals surface area contributed by atoms with Gasteiger partial charge in [-0.1, -0.05) is 24.3 Å². The van der Waals surface area contributed by atoms with Crippen molar-refractivity contribution >= 4 is 16.1 Å². The zero-order chi connectivity index (χ0) is 25.8. The third-order valence-electron chi connectivity index (χ3n) is 6.30. The Morgan fingerprint density at radius 1 is 1.03 bits per heavy atom. The highest BCUT2D eigenvalue weighted by atomic mass is 32.2. The van der Waals surface area contributed by atoms with Crippen LogP contribution < -0.4 is 10.1 Å². The minimum Gasteiger partial charge on any atom is -0.457 e. The van der Waals surface area contributed by atoms with E-state index in [0.717, 1.165) is 15.4 Å². The maximum absolute atomic E-state index is 13.3. The predicted octanol–water partition coefficient (Wildman–Crippen LogP) is 3.25. The molecule has 192 valence electrons. The number of nitrogens with one attached hydrogen (secondary N) is 1. The van der Waals surface area contributed by atoms with Crippen LogP contribution in [0.1, 0.15) is 38.8 Å². The molecule has 35 heavy (non-hydrogen) atoms. The van der Waals surface area contributed by atoms with Crippen LogP contribution >= 0.6 is 0 Å². The molecule has 1 unspecified atom stereocenters. The molecule has 9 heteroatoms. The number of hydrogen-bond donors (Lipinski definition) is 1. The number of carbonyl (C=O) groups is 1. The number of amides is 1. The maximum atomic E-state index is 13.3. The first kappa shape index (κ1) is 27.1. The van der Waals surface area contributed by atoms with Crippen LogP contribution in [0.25, 0.3) is 0 Å². The molecule has 1 aliphatic rings. The van der Waals surface area contributed by atoms with Gasteiger partial charge in [-0.2, -0.15) is 17.0 Å². The van der Waals surface area contributed by atoms with E-state index in [2.05, 4.69) is 37.9 Å². The molecular weight excluding hydrogens is 464 g/mol. The largest absolute Gasteiger partial charge is 0.457 e. The normalized spacial score (nSPS) is 16.7. The van der Waals surface area contributed by atoms with E-state index in [1.165, 1.54) is 18.4 Å². The van der Waals surface area contributed by atoms with Gasteiger partial charge in [-0.05, 0) is 69.5 Å². The van der Waals surface area contributed by atoms with E-state index >= 15 is 0 Å². The van der Waals surface area contributed by atoms with Crippen LogP contribution in [0.4, 0.5) is 0 Å². The summed E-state index contributed by atoms with van der Waals surface area (Å²) >= 11 is 0. The summed E-state index contributed by atoms with van der Waals surface area (Å²) in [5.74, 6) is 1.08. The highest BCUT2D eigenvalue weighted by Gasteiger charge is 2.40. The first-order valence-electron chi connectivity index (χ1n) is 12.1. The van der Waals surface area contributed by atoms with Crippen molar-refractivity contribution in [3.63, 3.8) is 0 Å². The molecule has 0 aromatic heterocycles. The van der Waals surface area contributed by atoms with Crippen molar-refractivity contribution in [3.8, 4) is 11.5 Å². The third-order valence-corrected chi connectivity index (χ3v) is 8.20. The summed E-state index contributed by atoms with van der Waals surface area (Å²) < 4.78 is 34.7. The van der Waals surface area contributed by atoms with E-state index in [4.69, 9.17) is 4.74 Å². The van der Waals surface area contributed by atoms with Gasteiger partial charge >= 0.3 is 0 Å². The molecular formula is C26H38N4O4S. The highest BCUT2D eigenvalue weighted by molar-refractivity contribution is 7.86. The van der Waals surface area contributed by atoms with Crippen molar-refractivity contribution in [2.24, 2.45) is 0 Å². The SMILES string of the molecule is CC(C)N(CCNC(=O)C1Cc2cc(Oc3ccccc3)ccc2CN1S(=O)(=O)N(C)C)C(C)C. The molecule has 2 aromatic carbocycles. The van der Waals surface area contributed by atoms with Gasteiger partial charge in [-0.25, -0.2) is 0 Å². The standard InChI is InChI=1S/C26H38N4O4S/c1-19(2)29(20(3)4)15-14-27-26(31)25-17-22-16-24(34-23-10-8-7-9-11-23)13-12-21(22)18-30(25)35(32,33)28(5)6/h7-13,16,19-20,25H,14-15,17-18H2,1-6H3,(H,27,31). The Labute approximate surface area is 210 Å². The molecule has 0 saturated heterocycles. The van der Waals surface area contributed by atoms with E-state index in [-0.39, 0.29) is 18.9 Å². The summed E-state index contributed by atoms with van der Waals surface area (Å²) in [5, 5.41) is 2.98. The summed E-state index contributed by atoms with van der Waals surface area (Å²) in [7, 11) is -0.828. The van der Waals surface area contributed by atoms with Crippen LogP contribution in [0.5, 0.6) is 11.5 Å². The molecule has 1 heterocycles. The number of benzene rings is 2. The lowest BCUT2D eigenvalue weighted by atomic mass is 9.95. The van der Waals surface area contributed by atoms with Crippen molar-refractivity contribution in [3.05, 3.63) is 59.7 Å². The lowest BCUT2D eigenvalue weighted by Crippen LogP contribution is -2.55. The molecule has 1 N–H and O–H groups in total. The summed E-state index contributed by atoms with van der Waals surface area (Å²) in [6.45, 7) is 9.77. The Hall–Kier alpha value is -2.46. The van der Waals surface area contributed by atoms with Crippen LogP contribution in [0, 0.1) is 0 Å². The number of fused-ring (bicyclic) bond motifs is 1. The fraction of sp³-hybridized carbons (Fsp3) is 0.500. The van der Waals surface area contributed by atoms with Gasteiger partial charge in [0.25, 0.3) is 10.2 Å². The van der Waals surface area contributed by atoms with Crippen LogP contribution in [0.2, 0.25) is 0 Å². The molecule has 0 radical (unpaired) electrons. The summed E-state index contributed by atoms with van der Waals surface area (Å²) in [6, 6.07) is 14.9. The molecule has 0 saturated carbocycles. The van der Waals surface area contributed by atoms with Crippen molar-refractivity contribution in [2.45, 2.75) is 58.8 Å². The monoisotopic (exact) mass is 502 g/mol. The van der Waals surface area contributed by atoms with Gasteiger partial charge in [0.05, 0.1) is 0 Å². The van der Waals surface area contributed by atoms with Crippen molar-refractivity contribution in [2.75, 3.05) is 27.2 Å². The van der Waals surface area contributed by atoms with Crippen LogP contribution in [-0.2, 0) is 28.0 Å². The van der Waals surface area contributed by atoms with Gasteiger partial charge in [0.2, 0.25) is 5.91 Å². The Morgan fingerprint density at radius 2 is 1.69 bits per heavy atom. The molecule has 2 aromatic rings. The van der Waals surface area contributed by atoms with Gasteiger partial charge in [-0.15, -0.1) is 0 Å². The second-order valence-electron chi connectivity index (χ2n) is 9.62. The second kappa shape index (κ2) is 11.5. The Morgan fingerprint density at radius 3 is 2.29 bits per heavy atom. The number of rotatable bonds is 10. The fourth-order valence-electron chi connectivity index (χ4n) is 4.44. The van der Waals surface area contributed by atoms with Crippen molar-refractivity contribution in [1.29, 1.82) is 0 Å². The third kappa shape index (κ3) is 6.61. The van der Waals surface area contributed by atoms with Crippen molar-refractivity contribution in [1.82, 2.24) is 18.8 Å². The quantitative estimate of drug-likeness (QED) is 0.539. The van der Waals surface area contributed by atoms with Gasteiger partial charge in [-0.3, -0.25) is 9.69 Å². The summed E-state index contributed by atoms with van der Waals surface area (Å²) in [5.41, 5.74) is 1.78. The molecule has 0 fully saturated rings. The maximum Gasteiger partial charge on any atom is 0.282 e. The van der Waals surface area contributed by atoms with E-state index in [1.807, 2.05) is 48.5 Å². The van der Waals surface area contributed by atoms with Crippen LogP contribution in [0.15, 0.2) is 48.5 Å². The lowest BCUT2D eigenvalue weighted by Gasteiger charge is -2.37. The molecule has 0 bridgehead atoms. The van der Waals surface area contributed by atoms with Gasteiger partial charge in [0.15, 0.2) is 0 Å². The number of carbonyl (C=O) groups excluding carboxylic acids is 1. The number of hydrogen-bond acceptors (Lipinski definition) is 5. The lowest BCUT2D eigenvalue weighted by molar-refractivity contribution is -0.125. The van der Waals surface area contributed by atoms with E-state index in [0.29, 0.717) is 36.7 Å². The van der Waals surface area contributed by atoms with Crippen LogP contribution in [-0.4, -0.2) is 73.1 Å². The minimum atomic E-state index is -3.80. The van der Waals surface area contributed by atoms with E-state index in [9.17, 15) is 13.2 Å². The first-order valence-corrected chi connectivity index (χ1v) is 13.5. The Bertz CT molecular complexity index is 1100.